The van der Waals surface area contributed by atoms with Crippen molar-refractivity contribution in [2.45, 2.75) is 116 Å². The molecule has 26 heteroatoms. The highest BCUT2D eigenvalue weighted by Crippen LogP contribution is 2.27. The minimum atomic E-state index is -5.27. The number of benzene rings is 1. The van der Waals surface area contributed by atoms with Gasteiger partial charge in [0.1, 0.15) is 48.5 Å². The van der Waals surface area contributed by atoms with Gasteiger partial charge in [-0.25, -0.2) is 23.7 Å². The predicted octanol–water partition coefficient (Wildman–Crippen LogP) is 4.23. The zero-order chi connectivity index (χ0) is 53.4. The van der Waals surface area contributed by atoms with E-state index in [-0.39, 0.29) is 39.8 Å². The number of esters is 1. The second kappa shape index (κ2) is 22.6. The molecular formula is C46H59N7O17S2. The number of thiazole rings is 1. The molecule has 0 spiro atoms. The van der Waals surface area contributed by atoms with Gasteiger partial charge in [-0.3, -0.25) is 24.3 Å². The number of β-lactam (4-membered cyclic amide) rings is 1. The quantitative estimate of drug-likeness (QED) is 0.0307. The lowest BCUT2D eigenvalue weighted by Gasteiger charge is -2.44. The summed E-state index contributed by atoms with van der Waals surface area (Å²) < 4.78 is 68.6. The molecule has 0 radical (unpaired) electrons. The normalized spacial score (nSPS) is 18.2. The van der Waals surface area contributed by atoms with E-state index in [1.54, 1.807) is 72.9 Å². The summed E-state index contributed by atoms with van der Waals surface area (Å²) in [5, 5.41) is 12.1. The van der Waals surface area contributed by atoms with Gasteiger partial charge >= 0.3 is 28.5 Å². The number of nitrogens with one attached hydrogen (secondary N) is 3. The van der Waals surface area contributed by atoms with E-state index in [4.69, 9.17) is 38.1 Å². The molecule has 392 valence electrons. The first kappa shape index (κ1) is 55.9. The number of ether oxygens (including phenoxy) is 6. The molecule has 2 aromatic heterocycles. The average Bonchev–Trinajstić information content (AvgIpc) is 3.74. The number of oxime groups is 1. The van der Waals surface area contributed by atoms with Crippen LogP contribution in [0, 0.1) is 0 Å². The van der Waals surface area contributed by atoms with E-state index in [1.165, 1.54) is 37.3 Å². The molecule has 3 aromatic rings. The Kier molecular flexibility index (Phi) is 17.5. The molecule has 3 heterocycles. The second-order valence-corrected chi connectivity index (χ2v) is 21.0. The molecule has 4 amide bonds. The maximum Gasteiger partial charge on any atom is 0.413 e. The Morgan fingerprint density at radius 1 is 0.958 bits per heavy atom. The largest absolute Gasteiger partial charge is 0.497 e. The standard InChI is InChI=1S/C46H59N7O17S2/c1-43(2,3)68-39(57)45(7,8)70-51-35(31-26-71-40(48-31)50-42(59)69-44(4,5)6)37(55)49-36-32(53(38(36)56)72(60,61)62)21-47-41(58)66-25-29-20-33(54)34(65-23-27-12-14-30(63-10)15-13-27)22-52(29)67-24-28-16-18-46(9,64-11)19-17-28/h12-18,20,22,26,32,36H,19,21,23-25H2,1-11H3,(H,47,58)(H,49,55)(H,48,50,59)(H,60,61,62)/b51-35-/t32-,36+,46?/m1/s1. The molecule has 0 saturated carbocycles. The molecular weight excluding hydrogens is 987 g/mol. The number of pyridine rings is 1. The molecule has 1 aromatic carbocycles. The number of methoxy groups -OCH3 is 2. The number of carbonyl (C=O) groups excluding carboxylic acids is 5. The molecule has 1 fully saturated rings. The van der Waals surface area contributed by atoms with Crippen molar-refractivity contribution in [3.63, 3.8) is 0 Å². The van der Waals surface area contributed by atoms with Crippen molar-refractivity contribution < 1.29 is 75.0 Å². The third-order valence-electron chi connectivity index (χ3n) is 10.2. The van der Waals surface area contributed by atoms with E-state index in [0.29, 0.717) is 12.2 Å². The number of anilines is 1. The lowest BCUT2D eigenvalue weighted by molar-refractivity contribution is -0.179. The fourth-order valence-electron chi connectivity index (χ4n) is 6.29. The second-order valence-electron chi connectivity index (χ2n) is 18.9. The highest BCUT2D eigenvalue weighted by atomic mass is 32.2. The van der Waals surface area contributed by atoms with Crippen molar-refractivity contribution in [2.75, 3.05) is 32.7 Å². The van der Waals surface area contributed by atoms with Crippen LogP contribution in [0.3, 0.4) is 0 Å². The van der Waals surface area contributed by atoms with E-state index < -0.39 is 99.1 Å². The summed E-state index contributed by atoms with van der Waals surface area (Å²) in [6.07, 6.45) is 5.41. The van der Waals surface area contributed by atoms with E-state index >= 15 is 0 Å². The topological polar surface area (TPSA) is 300 Å². The van der Waals surface area contributed by atoms with Gasteiger partial charge in [0.05, 0.1) is 30.6 Å². The molecule has 4 N–H and O–H groups in total. The summed E-state index contributed by atoms with van der Waals surface area (Å²) in [6, 6.07) is 4.75. The highest BCUT2D eigenvalue weighted by Gasteiger charge is 2.54. The van der Waals surface area contributed by atoms with Gasteiger partial charge in [0.25, 0.3) is 11.8 Å². The Bertz CT molecular complexity index is 2770. The van der Waals surface area contributed by atoms with E-state index in [2.05, 4.69) is 26.1 Å². The van der Waals surface area contributed by atoms with Crippen LogP contribution in [0.2, 0.25) is 0 Å². The third-order valence-corrected chi connectivity index (χ3v) is 11.9. The molecule has 72 heavy (non-hydrogen) atoms. The van der Waals surface area contributed by atoms with Crippen LogP contribution in [0.4, 0.5) is 14.7 Å². The van der Waals surface area contributed by atoms with Crippen LogP contribution in [-0.4, -0.2) is 125 Å². The molecule has 1 aliphatic carbocycles. The smallest absolute Gasteiger partial charge is 0.413 e. The Morgan fingerprint density at radius 3 is 2.24 bits per heavy atom. The van der Waals surface area contributed by atoms with Crippen LogP contribution in [0.5, 0.6) is 11.5 Å². The first-order chi connectivity index (χ1) is 33.5. The van der Waals surface area contributed by atoms with Crippen molar-refractivity contribution in [3.05, 3.63) is 92.9 Å². The SMILES string of the molecule is COc1ccc(COc2cn(OCC3=CCC(C)(OC)C=C3)c(COC(=O)NC[C@@H]3[C@H](NC(=O)/C(=N\OC(C)(C)C(=O)OC(C)(C)C)c4csc(NC(=O)OC(C)(C)C)n4)C(=O)N3S(=O)(=O)O)cc2=O)cc1. The van der Waals surface area contributed by atoms with E-state index in [0.717, 1.165) is 28.5 Å². The molecule has 5 rings (SSSR count). The first-order valence-corrected chi connectivity index (χ1v) is 24.3. The van der Waals surface area contributed by atoms with E-state index in [9.17, 15) is 41.7 Å². The maximum atomic E-state index is 14.0. The lowest BCUT2D eigenvalue weighted by atomic mass is 9.94. The fraction of sp³-hybridized carbons (Fsp3) is 0.478. The van der Waals surface area contributed by atoms with Gasteiger partial charge in [0.15, 0.2) is 16.6 Å². The Morgan fingerprint density at radius 2 is 1.64 bits per heavy atom. The molecule has 1 unspecified atom stereocenters. The zero-order valence-corrected chi connectivity index (χ0v) is 43.2. The lowest BCUT2D eigenvalue weighted by Crippen LogP contribution is -2.74. The highest BCUT2D eigenvalue weighted by molar-refractivity contribution is 7.84. The number of hydrogen-bond acceptors (Lipinski definition) is 19. The predicted molar refractivity (Wildman–Crippen MR) is 259 cm³/mol. The van der Waals surface area contributed by atoms with Gasteiger partial charge < -0.3 is 48.7 Å². The number of nitrogens with zero attached hydrogens (tertiary/aromatic N) is 4. The number of amides is 4. The van der Waals surface area contributed by atoms with Gasteiger partial charge in [0, 0.05) is 25.1 Å². The summed E-state index contributed by atoms with van der Waals surface area (Å²) in [5.74, 6) is -2.84. The third kappa shape index (κ3) is 15.5. The van der Waals surface area contributed by atoms with Gasteiger partial charge in [-0.1, -0.05) is 35.5 Å². The van der Waals surface area contributed by atoms with Gasteiger partial charge in [-0.05, 0) is 92.0 Å². The number of aromatic nitrogens is 2. The number of alkyl carbamates (subject to hydrolysis) is 1. The van der Waals surface area contributed by atoms with Crippen LogP contribution in [-0.2, 0) is 61.7 Å². The number of hydrogen-bond donors (Lipinski definition) is 4. The molecule has 1 aliphatic heterocycles. The van der Waals surface area contributed by atoms with Crippen LogP contribution >= 0.6 is 11.3 Å². The molecule has 2 aliphatic rings. The van der Waals surface area contributed by atoms with Crippen LogP contribution < -0.4 is 35.7 Å². The van der Waals surface area contributed by atoms with Gasteiger partial charge in [0.2, 0.25) is 11.0 Å². The summed E-state index contributed by atoms with van der Waals surface area (Å²) in [5.41, 5.74) is -4.03. The molecule has 1 saturated heterocycles. The number of carbonyl (C=O) groups is 5. The minimum absolute atomic E-state index is 0.0111. The van der Waals surface area contributed by atoms with E-state index in [1.807, 2.05) is 25.2 Å². The van der Waals surface area contributed by atoms with Gasteiger partial charge in [-0.15, -0.1) is 11.3 Å². The van der Waals surface area contributed by atoms with Crippen molar-refractivity contribution in [1.82, 2.24) is 24.7 Å². The summed E-state index contributed by atoms with van der Waals surface area (Å²) in [7, 11) is -2.13. The zero-order valence-electron chi connectivity index (χ0n) is 41.5. The summed E-state index contributed by atoms with van der Waals surface area (Å²) >= 11 is 0.843. The van der Waals surface area contributed by atoms with Crippen LogP contribution in [0.1, 0.15) is 85.7 Å². The molecule has 3 atom stereocenters. The molecule has 0 bridgehead atoms. The van der Waals surface area contributed by atoms with Gasteiger partial charge in [-0.2, -0.15) is 13.1 Å². The van der Waals surface area contributed by atoms with Crippen molar-refractivity contribution in [1.29, 1.82) is 0 Å². The Hall–Kier alpha value is -7.03. The Labute approximate surface area is 419 Å². The number of rotatable bonds is 20. The first-order valence-electron chi connectivity index (χ1n) is 22.1. The average molecular weight is 1050 g/mol. The van der Waals surface area contributed by atoms with Crippen molar-refractivity contribution in [3.8, 4) is 11.5 Å². The molecule has 24 nitrogen and oxygen atoms in total. The van der Waals surface area contributed by atoms with Crippen molar-refractivity contribution >= 4 is 62.5 Å². The van der Waals surface area contributed by atoms with Crippen LogP contribution in [0.15, 0.2) is 75.7 Å². The van der Waals surface area contributed by atoms with Crippen molar-refractivity contribution in [2.24, 2.45) is 5.16 Å². The minimum Gasteiger partial charge on any atom is -0.497 e. The maximum absolute atomic E-state index is 14.0. The van der Waals surface area contributed by atoms with Crippen LogP contribution in [0.25, 0.3) is 0 Å². The summed E-state index contributed by atoms with van der Waals surface area (Å²) in [6.45, 7) is 13.0. The monoisotopic (exact) mass is 1050 g/mol. The summed E-state index contributed by atoms with van der Waals surface area (Å²) in [4.78, 5) is 95.0. The fourth-order valence-corrected chi connectivity index (χ4v) is 7.86. The Balaban J connectivity index is 1.33.